The molecule has 1 atom stereocenters. The van der Waals surface area contributed by atoms with Crippen molar-refractivity contribution < 1.29 is 19.1 Å². The Morgan fingerprint density at radius 3 is 2.83 bits per heavy atom. The number of anilines is 1. The van der Waals surface area contributed by atoms with Gasteiger partial charge in [-0.1, -0.05) is 6.08 Å². The van der Waals surface area contributed by atoms with Crippen molar-refractivity contribution in [3.05, 3.63) is 28.7 Å². The van der Waals surface area contributed by atoms with E-state index in [1.54, 1.807) is 13.0 Å². The van der Waals surface area contributed by atoms with E-state index in [0.717, 1.165) is 31.2 Å². The lowest BCUT2D eigenvalue weighted by atomic mass is 9.95. The molecule has 1 amide bonds. The first-order valence-corrected chi connectivity index (χ1v) is 8.66. The Bertz CT molecular complexity index is 594. The van der Waals surface area contributed by atoms with Crippen LogP contribution in [0, 0.1) is 0 Å². The van der Waals surface area contributed by atoms with Gasteiger partial charge in [0.2, 0.25) is 0 Å². The Kier molecular flexibility index (Phi) is 6.36. The fourth-order valence-electron chi connectivity index (χ4n) is 2.59. The van der Waals surface area contributed by atoms with Crippen LogP contribution in [0.4, 0.5) is 5.00 Å². The van der Waals surface area contributed by atoms with Crippen molar-refractivity contribution in [3.8, 4) is 0 Å². The molecular weight excluding hydrogens is 314 g/mol. The predicted octanol–water partition coefficient (Wildman–Crippen LogP) is 3.33. The summed E-state index contributed by atoms with van der Waals surface area (Å²) in [5.74, 6) is -0.641. The highest BCUT2D eigenvalue weighted by Crippen LogP contribution is 2.38. The Morgan fingerprint density at radius 2 is 2.13 bits per heavy atom. The molecule has 2 rings (SSSR count). The quantitative estimate of drug-likeness (QED) is 0.471. The molecule has 0 aliphatic heterocycles. The maximum absolute atomic E-state index is 12.3. The molecule has 1 heterocycles. The lowest BCUT2D eigenvalue weighted by Gasteiger charge is -2.13. The Labute approximate surface area is 140 Å². The molecule has 126 valence electrons. The first kappa shape index (κ1) is 17.7. The van der Waals surface area contributed by atoms with Crippen LogP contribution in [0.15, 0.2) is 12.7 Å². The van der Waals surface area contributed by atoms with Gasteiger partial charge in [0.05, 0.1) is 19.3 Å². The monoisotopic (exact) mass is 337 g/mol. The Hall–Kier alpha value is -1.66. The summed E-state index contributed by atoms with van der Waals surface area (Å²) in [6.07, 6.45) is 5.83. The summed E-state index contributed by atoms with van der Waals surface area (Å²) in [7, 11) is 1.36. The van der Waals surface area contributed by atoms with E-state index in [2.05, 4.69) is 11.9 Å². The van der Waals surface area contributed by atoms with Crippen molar-refractivity contribution in [2.24, 2.45) is 0 Å². The number of amides is 1. The second kappa shape index (κ2) is 8.26. The molecule has 6 heteroatoms. The largest absolute Gasteiger partial charge is 0.465 e. The number of carbonyl (C=O) groups excluding carboxylic acids is 2. The zero-order chi connectivity index (χ0) is 16.8. The minimum Gasteiger partial charge on any atom is -0.465 e. The van der Waals surface area contributed by atoms with Gasteiger partial charge in [-0.15, -0.1) is 17.9 Å². The zero-order valence-electron chi connectivity index (χ0n) is 13.6. The van der Waals surface area contributed by atoms with Gasteiger partial charge in [0.25, 0.3) is 5.91 Å². The van der Waals surface area contributed by atoms with Gasteiger partial charge in [-0.2, -0.15) is 0 Å². The summed E-state index contributed by atoms with van der Waals surface area (Å²) in [5.41, 5.74) is 1.54. The minimum atomic E-state index is -0.584. The van der Waals surface area contributed by atoms with E-state index < -0.39 is 6.10 Å². The molecule has 0 fully saturated rings. The van der Waals surface area contributed by atoms with Crippen LogP contribution in [0.25, 0.3) is 0 Å². The van der Waals surface area contributed by atoms with Gasteiger partial charge in [0.15, 0.2) is 0 Å². The smallest absolute Gasteiger partial charge is 0.341 e. The predicted molar refractivity (Wildman–Crippen MR) is 91.2 cm³/mol. The van der Waals surface area contributed by atoms with E-state index in [9.17, 15) is 9.59 Å². The van der Waals surface area contributed by atoms with Crippen molar-refractivity contribution in [1.82, 2.24) is 0 Å². The molecule has 23 heavy (non-hydrogen) atoms. The molecule has 1 aliphatic rings. The van der Waals surface area contributed by atoms with Gasteiger partial charge in [-0.25, -0.2) is 4.79 Å². The van der Waals surface area contributed by atoms with Crippen LogP contribution in [0.3, 0.4) is 0 Å². The van der Waals surface area contributed by atoms with Crippen LogP contribution in [-0.4, -0.2) is 31.7 Å². The number of esters is 1. The maximum atomic E-state index is 12.3. The number of thiophene rings is 1. The maximum Gasteiger partial charge on any atom is 0.341 e. The summed E-state index contributed by atoms with van der Waals surface area (Å²) >= 11 is 1.48. The van der Waals surface area contributed by atoms with Crippen LogP contribution in [-0.2, 0) is 27.1 Å². The highest BCUT2D eigenvalue weighted by molar-refractivity contribution is 7.17. The van der Waals surface area contributed by atoms with E-state index in [1.807, 2.05) is 0 Å². The number of hydrogen-bond acceptors (Lipinski definition) is 5. The molecule has 1 aromatic heterocycles. The van der Waals surface area contributed by atoms with Crippen molar-refractivity contribution >= 4 is 28.2 Å². The molecule has 1 aliphatic carbocycles. The minimum absolute atomic E-state index is 0.252. The second-order valence-electron chi connectivity index (χ2n) is 5.49. The van der Waals surface area contributed by atoms with Gasteiger partial charge < -0.3 is 14.8 Å². The fourth-order valence-corrected chi connectivity index (χ4v) is 3.87. The van der Waals surface area contributed by atoms with Crippen molar-refractivity contribution in [1.29, 1.82) is 0 Å². The molecule has 0 bridgehead atoms. The molecular formula is C17H23NO4S. The number of aryl methyl sites for hydroxylation is 1. The highest BCUT2D eigenvalue weighted by atomic mass is 32.1. The topological polar surface area (TPSA) is 64.6 Å². The van der Waals surface area contributed by atoms with Gasteiger partial charge in [-0.3, -0.25) is 4.79 Å². The highest BCUT2D eigenvalue weighted by Gasteiger charge is 2.27. The van der Waals surface area contributed by atoms with E-state index in [0.29, 0.717) is 23.6 Å². The van der Waals surface area contributed by atoms with E-state index in [1.165, 1.54) is 23.3 Å². The van der Waals surface area contributed by atoms with Crippen LogP contribution in [0.2, 0.25) is 0 Å². The SMILES string of the molecule is C=CCCOC(C)C(=O)Nc1sc2c(c1C(=O)OC)CCCC2. The summed E-state index contributed by atoms with van der Waals surface area (Å²) in [4.78, 5) is 25.6. The third kappa shape index (κ3) is 4.20. The average molecular weight is 337 g/mol. The lowest BCUT2D eigenvalue weighted by Crippen LogP contribution is -2.28. The molecule has 1 N–H and O–H groups in total. The van der Waals surface area contributed by atoms with Crippen molar-refractivity contribution in [2.45, 2.75) is 45.1 Å². The van der Waals surface area contributed by atoms with Crippen molar-refractivity contribution in [2.75, 3.05) is 19.0 Å². The van der Waals surface area contributed by atoms with Gasteiger partial charge >= 0.3 is 5.97 Å². The number of carbonyl (C=O) groups is 2. The molecule has 1 unspecified atom stereocenters. The lowest BCUT2D eigenvalue weighted by molar-refractivity contribution is -0.126. The van der Waals surface area contributed by atoms with E-state index >= 15 is 0 Å². The molecule has 0 radical (unpaired) electrons. The fraction of sp³-hybridized carbons (Fsp3) is 0.529. The first-order valence-electron chi connectivity index (χ1n) is 7.84. The van der Waals surface area contributed by atoms with Gasteiger partial charge in [0, 0.05) is 4.88 Å². The second-order valence-corrected chi connectivity index (χ2v) is 6.59. The van der Waals surface area contributed by atoms with E-state index in [-0.39, 0.29) is 11.9 Å². The molecule has 0 aromatic carbocycles. The average Bonchev–Trinajstić information content (AvgIpc) is 2.92. The number of rotatable bonds is 7. The third-order valence-electron chi connectivity index (χ3n) is 3.86. The third-order valence-corrected chi connectivity index (χ3v) is 5.06. The van der Waals surface area contributed by atoms with Crippen LogP contribution >= 0.6 is 11.3 Å². The summed E-state index contributed by atoms with van der Waals surface area (Å²) < 4.78 is 10.3. The summed E-state index contributed by atoms with van der Waals surface area (Å²) in [6.45, 7) is 5.76. The molecule has 0 saturated heterocycles. The van der Waals surface area contributed by atoms with E-state index in [4.69, 9.17) is 9.47 Å². The first-order chi connectivity index (χ1) is 11.1. The van der Waals surface area contributed by atoms with Gasteiger partial charge in [0.1, 0.15) is 11.1 Å². The number of methoxy groups -OCH3 is 1. The molecule has 5 nitrogen and oxygen atoms in total. The number of ether oxygens (including phenoxy) is 2. The molecule has 1 aromatic rings. The Morgan fingerprint density at radius 1 is 1.39 bits per heavy atom. The normalized spacial score (nSPS) is 14.7. The molecule has 0 saturated carbocycles. The Balaban J connectivity index is 2.15. The van der Waals surface area contributed by atoms with Crippen LogP contribution < -0.4 is 5.32 Å². The molecule has 0 spiro atoms. The number of hydrogen-bond donors (Lipinski definition) is 1. The number of fused-ring (bicyclic) bond motifs is 1. The standard InChI is InChI=1S/C17H23NO4S/c1-4-5-10-22-11(2)15(19)18-16-14(17(20)21-3)12-8-6-7-9-13(12)23-16/h4,11H,1,5-10H2,2-3H3,(H,18,19). The summed E-state index contributed by atoms with van der Waals surface area (Å²) in [6, 6.07) is 0. The van der Waals surface area contributed by atoms with Crippen LogP contribution in [0.1, 0.15) is 47.0 Å². The zero-order valence-corrected chi connectivity index (χ0v) is 14.5. The van der Waals surface area contributed by atoms with Crippen LogP contribution in [0.5, 0.6) is 0 Å². The van der Waals surface area contributed by atoms with Crippen molar-refractivity contribution in [3.63, 3.8) is 0 Å². The number of nitrogens with one attached hydrogen (secondary N) is 1. The van der Waals surface area contributed by atoms with Gasteiger partial charge in [-0.05, 0) is 44.6 Å². The summed E-state index contributed by atoms with van der Waals surface area (Å²) in [5, 5.41) is 3.41.